The molecule has 18 atom stereocenters. The Morgan fingerprint density at radius 2 is 0.758 bits per heavy atom. The normalized spacial score (nSPS) is 54.3. The molecule has 2 heterocycles. The molecule has 0 aromatic rings. The summed E-state index contributed by atoms with van der Waals surface area (Å²) in [4.78, 5) is 3.42. The molecule has 62 heavy (non-hydrogen) atoms. The molecule has 18 unspecified atom stereocenters. The molecule has 3 heteroatoms. The number of fused-ring (bicyclic) bond motifs is 11. The second-order valence-corrected chi connectivity index (χ2v) is 28.1. The Morgan fingerprint density at radius 3 is 1.58 bits per heavy atom. The van der Waals surface area contributed by atoms with Crippen molar-refractivity contribution in [1.82, 2.24) is 4.90 Å². The monoisotopic (exact) mass is 866 g/mol. The van der Waals surface area contributed by atoms with E-state index in [0.29, 0.717) is 12.2 Å². The smallest absolute Gasteiger partial charge is 0.0621 e. The molecule has 0 bridgehead atoms. The summed E-state index contributed by atoms with van der Waals surface area (Å²) < 4.78 is 6.91. The Labute approximate surface area is 386 Å². The Kier molecular flexibility index (Phi) is 12.5. The molecule has 348 valence electrons. The number of nitrogens with zero attached hydrogens (tertiary/aromatic N) is 1. The first-order chi connectivity index (χ1) is 30.7. The molecule has 11 saturated carbocycles. The summed E-state index contributed by atoms with van der Waals surface area (Å²) in [5.74, 6) is 17.0. The van der Waals surface area contributed by atoms with Crippen LogP contribution in [-0.2, 0) is 4.74 Å². The van der Waals surface area contributed by atoms with Gasteiger partial charge in [-0.1, -0.05) is 83.5 Å². The van der Waals surface area contributed by atoms with Gasteiger partial charge in [-0.25, -0.2) is 0 Å². The Hall–Kier alpha value is 0.270. The minimum atomic E-state index is 0.630. The van der Waals surface area contributed by atoms with E-state index in [1.54, 1.807) is 173 Å². The van der Waals surface area contributed by atoms with Gasteiger partial charge in [0.25, 0.3) is 0 Å². The molecule has 13 rings (SSSR count). The molecule has 13 aliphatic rings. The van der Waals surface area contributed by atoms with Crippen molar-refractivity contribution in [3.63, 3.8) is 0 Å². The van der Waals surface area contributed by atoms with Crippen LogP contribution in [0.15, 0.2) is 0 Å². The maximum absolute atomic E-state index is 6.91. The average Bonchev–Trinajstić information content (AvgIpc) is 4.03. The van der Waals surface area contributed by atoms with Crippen LogP contribution in [0.5, 0.6) is 0 Å². The van der Waals surface area contributed by atoms with Gasteiger partial charge in [-0.3, -0.25) is 4.90 Å². The topological polar surface area (TPSA) is 12.5 Å². The predicted molar refractivity (Wildman–Crippen MR) is 259 cm³/mol. The molecule has 2 aliphatic heterocycles. The summed E-state index contributed by atoms with van der Waals surface area (Å²) >= 11 is 2.62. The van der Waals surface area contributed by atoms with Gasteiger partial charge >= 0.3 is 0 Å². The summed E-state index contributed by atoms with van der Waals surface area (Å²) in [5, 5.41) is 1.96. The highest BCUT2D eigenvalue weighted by Crippen LogP contribution is 2.65. The number of hydrogen-bond donors (Lipinski definition) is 0. The molecular formula is C59H95NOS. The zero-order chi connectivity index (χ0) is 40.7. The van der Waals surface area contributed by atoms with E-state index in [9.17, 15) is 0 Å². The molecule has 2 saturated heterocycles. The van der Waals surface area contributed by atoms with Crippen molar-refractivity contribution < 1.29 is 4.74 Å². The van der Waals surface area contributed by atoms with Crippen LogP contribution in [0.2, 0.25) is 0 Å². The lowest BCUT2D eigenvalue weighted by Gasteiger charge is -2.52. The van der Waals surface area contributed by atoms with Crippen molar-refractivity contribution >= 4 is 11.8 Å². The van der Waals surface area contributed by atoms with Gasteiger partial charge in [0, 0.05) is 34.5 Å². The highest BCUT2D eigenvalue weighted by molar-refractivity contribution is 8.00. The van der Waals surface area contributed by atoms with Crippen LogP contribution in [0.4, 0.5) is 0 Å². The third-order valence-corrected chi connectivity index (χ3v) is 26.5. The lowest BCUT2D eigenvalue weighted by molar-refractivity contribution is -0.0249. The number of ether oxygens (including phenoxy) is 1. The molecule has 0 aromatic carbocycles. The summed E-state index contributed by atoms with van der Waals surface area (Å²) in [6, 6.07) is 2.77. The van der Waals surface area contributed by atoms with E-state index < -0.39 is 0 Å². The zero-order valence-corrected chi connectivity index (χ0v) is 40.8. The van der Waals surface area contributed by atoms with E-state index in [0.717, 1.165) is 123 Å². The molecule has 11 aliphatic carbocycles. The van der Waals surface area contributed by atoms with Gasteiger partial charge in [-0.05, 0) is 236 Å². The summed E-state index contributed by atoms with van der Waals surface area (Å²) in [5.41, 5.74) is 0. The minimum Gasteiger partial charge on any atom is -0.374 e. The fraction of sp³-hybridized carbons (Fsp3) is 1.00. The summed E-state index contributed by atoms with van der Waals surface area (Å²) in [7, 11) is 0. The van der Waals surface area contributed by atoms with Crippen molar-refractivity contribution in [3.8, 4) is 0 Å². The summed E-state index contributed by atoms with van der Waals surface area (Å²) in [6.07, 6.45) is 57.4. The largest absolute Gasteiger partial charge is 0.374 e. The first-order valence-corrected chi connectivity index (χ1v) is 30.7. The van der Waals surface area contributed by atoms with Crippen molar-refractivity contribution in [3.05, 3.63) is 0 Å². The van der Waals surface area contributed by atoms with Gasteiger partial charge < -0.3 is 4.74 Å². The minimum absolute atomic E-state index is 0.630. The first kappa shape index (κ1) is 42.4. The highest BCUT2D eigenvalue weighted by atomic mass is 32.2. The standard InChI is InChI=1S/C59H95NOS/c1-2-10-37(11-3-1)38-20-25-44(26-21-38)60(45-27-22-40(23-28-45)48-16-8-13-39-12-4-5-14-47(39)48)46-29-31-50-43(36-46)35-42-34-41(24-30-49(42)50)51-17-9-18-52-53-32-33-56-57(59(53)62-58(51)52)54-15-6-7-19-55(54)61-56/h37-59H,1-36H2. The van der Waals surface area contributed by atoms with Crippen molar-refractivity contribution in [1.29, 1.82) is 0 Å². The molecule has 0 N–H and O–H groups in total. The molecule has 0 amide bonds. The van der Waals surface area contributed by atoms with Crippen LogP contribution < -0.4 is 0 Å². The maximum atomic E-state index is 6.91. The first-order valence-electron chi connectivity index (χ1n) is 29.8. The second-order valence-electron chi connectivity index (χ2n) is 26.7. The van der Waals surface area contributed by atoms with Crippen LogP contribution in [0.25, 0.3) is 0 Å². The Balaban J connectivity index is 0.676. The SMILES string of the molecule is C1CCC(C2CCC(N(C3CCC(C4CCCC5CCCCC54)CC3)C3CCC4C(CC5CC(C6CCCC7C8CCC9OC%10CCCCC%10C9C8SC67)CCC54)C3)CC2)CC1. The van der Waals surface area contributed by atoms with E-state index in [1.807, 2.05) is 0 Å². The van der Waals surface area contributed by atoms with Gasteiger partial charge in [-0.2, -0.15) is 11.8 Å². The molecule has 0 aromatic heterocycles. The van der Waals surface area contributed by atoms with Crippen LogP contribution in [0.1, 0.15) is 231 Å². The Bertz CT molecular complexity index is 1490. The number of thioether (sulfide) groups is 1. The van der Waals surface area contributed by atoms with Gasteiger partial charge in [0.2, 0.25) is 0 Å². The van der Waals surface area contributed by atoms with Gasteiger partial charge in [-0.15, -0.1) is 0 Å². The Morgan fingerprint density at radius 1 is 0.274 bits per heavy atom. The van der Waals surface area contributed by atoms with Crippen LogP contribution in [0.3, 0.4) is 0 Å². The average molecular weight is 866 g/mol. The molecule has 0 spiro atoms. The number of rotatable bonds is 6. The molecule has 0 radical (unpaired) electrons. The maximum Gasteiger partial charge on any atom is 0.0621 e. The van der Waals surface area contributed by atoms with E-state index in [2.05, 4.69) is 16.7 Å². The van der Waals surface area contributed by atoms with Crippen LogP contribution in [-0.4, -0.2) is 45.7 Å². The lowest BCUT2D eigenvalue weighted by atomic mass is 9.59. The van der Waals surface area contributed by atoms with E-state index in [1.165, 1.54) is 57.8 Å². The van der Waals surface area contributed by atoms with Crippen LogP contribution >= 0.6 is 11.8 Å². The fourth-order valence-electron chi connectivity index (χ4n) is 22.2. The van der Waals surface area contributed by atoms with E-state index >= 15 is 0 Å². The molecular weight excluding hydrogens is 771 g/mol. The fourth-order valence-corrected chi connectivity index (χ4v) is 24.7. The van der Waals surface area contributed by atoms with E-state index in [4.69, 9.17) is 4.74 Å². The molecule has 2 nitrogen and oxygen atoms in total. The van der Waals surface area contributed by atoms with Crippen molar-refractivity contribution in [2.75, 3.05) is 0 Å². The molecule has 13 fully saturated rings. The quantitative estimate of drug-likeness (QED) is 0.264. The summed E-state index contributed by atoms with van der Waals surface area (Å²) in [6.45, 7) is 0. The van der Waals surface area contributed by atoms with Crippen molar-refractivity contribution in [2.24, 2.45) is 94.7 Å². The second kappa shape index (κ2) is 18.3. The van der Waals surface area contributed by atoms with Gasteiger partial charge in [0.15, 0.2) is 0 Å². The van der Waals surface area contributed by atoms with E-state index in [-0.39, 0.29) is 0 Å². The zero-order valence-electron chi connectivity index (χ0n) is 40.0. The van der Waals surface area contributed by atoms with Crippen LogP contribution in [0, 0.1) is 94.7 Å². The van der Waals surface area contributed by atoms with Crippen molar-refractivity contribution in [2.45, 2.75) is 272 Å². The highest BCUT2D eigenvalue weighted by Gasteiger charge is 2.60. The predicted octanol–water partition coefficient (Wildman–Crippen LogP) is 15.7. The third-order valence-electron chi connectivity index (χ3n) is 24.6. The van der Waals surface area contributed by atoms with Gasteiger partial charge in [0.1, 0.15) is 0 Å². The third kappa shape index (κ3) is 7.75. The van der Waals surface area contributed by atoms with Gasteiger partial charge in [0.05, 0.1) is 12.2 Å². The number of hydrogen-bond acceptors (Lipinski definition) is 3. The lowest BCUT2D eigenvalue weighted by Crippen LogP contribution is -2.54.